The van der Waals surface area contributed by atoms with Crippen LogP contribution in [0.5, 0.6) is 11.5 Å². The van der Waals surface area contributed by atoms with Gasteiger partial charge in [0.2, 0.25) is 0 Å². The summed E-state index contributed by atoms with van der Waals surface area (Å²) in [5.74, 6) is 0.437. The van der Waals surface area contributed by atoms with Crippen molar-refractivity contribution in [1.82, 2.24) is 4.98 Å². The minimum atomic E-state index is 0.207. The maximum atomic E-state index is 10.4. The maximum Gasteiger partial charge on any atom is 0.124 e. The van der Waals surface area contributed by atoms with Crippen molar-refractivity contribution in [2.45, 2.75) is 20.8 Å². The van der Waals surface area contributed by atoms with Crippen LogP contribution in [0.15, 0.2) is 95.6 Å². The Morgan fingerprint density at radius 1 is 0.735 bits per heavy atom. The molecule has 34 heavy (non-hydrogen) atoms. The molecule has 5 rings (SSSR count). The van der Waals surface area contributed by atoms with Crippen molar-refractivity contribution < 1.29 is 10.2 Å². The van der Waals surface area contributed by atoms with Gasteiger partial charge in [0.25, 0.3) is 0 Å². The molecule has 3 aromatic carbocycles. The number of aryl methyl sites for hydroxylation is 3. The minimum Gasteiger partial charge on any atom is -0.507 e. The Labute approximate surface area is 199 Å². The van der Waals surface area contributed by atoms with Gasteiger partial charge in [0.05, 0.1) is 11.4 Å². The van der Waals surface area contributed by atoms with Crippen LogP contribution in [0.3, 0.4) is 0 Å². The first kappa shape index (κ1) is 21.5. The van der Waals surface area contributed by atoms with Crippen LogP contribution in [0.1, 0.15) is 33.5 Å². The summed E-state index contributed by atoms with van der Waals surface area (Å²) >= 11 is 0. The molecule has 4 aromatic rings. The summed E-state index contributed by atoms with van der Waals surface area (Å²) in [5.41, 5.74) is 10.4. The van der Waals surface area contributed by atoms with Crippen LogP contribution in [0.25, 0.3) is 16.8 Å². The third-order valence-corrected chi connectivity index (χ3v) is 6.15. The number of phenolic OH excluding ortho intramolecular Hbond substituents is 2. The van der Waals surface area contributed by atoms with Crippen LogP contribution in [0.2, 0.25) is 0 Å². The fraction of sp³-hybridized carbons (Fsp3) is 0.100. The number of aromatic nitrogens is 1. The van der Waals surface area contributed by atoms with Gasteiger partial charge in [-0.2, -0.15) is 0 Å². The molecular weight excluding hydrogens is 420 g/mol. The van der Waals surface area contributed by atoms with E-state index in [9.17, 15) is 10.2 Å². The van der Waals surface area contributed by atoms with E-state index < -0.39 is 0 Å². The van der Waals surface area contributed by atoms with E-state index in [0.717, 1.165) is 39.5 Å². The Kier molecular flexibility index (Phi) is 5.42. The second-order valence-corrected chi connectivity index (χ2v) is 8.68. The molecule has 0 radical (unpaired) electrons. The van der Waals surface area contributed by atoms with E-state index in [1.54, 1.807) is 18.2 Å². The average Bonchev–Trinajstić information content (AvgIpc) is 3.47. The molecule has 1 aliphatic heterocycles. The molecule has 168 valence electrons. The van der Waals surface area contributed by atoms with Gasteiger partial charge in [0, 0.05) is 28.1 Å². The number of aliphatic imine (C=N–C) groups is 1. The maximum absolute atomic E-state index is 10.4. The van der Waals surface area contributed by atoms with Gasteiger partial charge in [-0.15, -0.1) is 0 Å². The van der Waals surface area contributed by atoms with E-state index in [0.29, 0.717) is 5.56 Å². The van der Waals surface area contributed by atoms with Gasteiger partial charge >= 0.3 is 0 Å². The first-order valence-corrected chi connectivity index (χ1v) is 11.3. The summed E-state index contributed by atoms with van der Waals surface area (Å²) in [6, 6.07) is 22.9. The van der Waals surface area contributed by atoms with Gasteiger partial charge in [-0.25, -0.2) is 4.99 Å². The fourth-order valence-corrected chi connectivity index (χ4v) is 4.72. The minimum absolute atomic E-state index is 0.207. The molecule has 0 unspecified atom stereocenters. The monoisotopic (exact) mass is 446 g/mol. The lowest BCUT2D eigenvalue weighted by atomic mass is 9.91. The molecule has 0 bridgehead atoms. The van der Waals surface area contributed by atoms with Crippen LogP contribution in [0, 0.1) is 20.8 Å². The molecule has 0 fully saturated rings. The normalized spacial score (nSPS) is 14.4. The number of aromatic hydroxyl groups is 2. The van der Waals surface area contributed by atoms with Crippen molar-refractivity contribution in [3.8, 4) is 22.8 Å². The molecule has 3 N–H and O–H groups in total. The summed E-state index contributed by atoms with van der Waals surface area (Å²) in [6.45, 7) is 6.34. The SMILES string of the molecule is Cc1cc(C)c(/C(=C2\C=CC(c3ccccc3O)=N2)c2ccc(-c3ccccc3O)[nH]2)c(C)c1. The van der Waals surface area contributed by atoms with Gasteiger partial charge in [-0.05, 0) is 86.0 Å². The smallest absolute Gasteiger partial charge is 0.124 e. The number of phenols is 2. The first-order chi connectivity index (χ1) is 16.4. The van der Waals surface area contributed by atoms with Gasteiger partial charge in [0.1, 0.15) is 11.5 Å². The largest absolute Gasteiger partial charge is 0.507 e. The average molecular weight is 447 g/mol. The molecule has 2 heterocycles. The second-order valence-electron chi connectivity index (χ2n) is 8.68. The molecule has 1 aliphatic rings. The van der Waals surface area contributed by atoms with Crippen LogP contribution >= 0.6 is 0 Å². The predicted octanol–water partition coefficient (Wildman–Crippen LogP) is 6.84. The zero-order chi connectivity index (χ0) is 23.8. The van der Waals surface area contributed by atoms with Crippen molar-refractivity contribution in [2.24, 2.45) is 4.99 Å². The number of benzene rings is 3. The summed E-state index contributed by atoms with van der Waals surface area (Å²) in [6.07, 6.45) is 3.94. The molecule has 0 atom stereocenters. The number of nitrogens with zero attached hydrogens (tertiary/aromatic N) is 1. The number of allylic oxidation sites excluding steroid dienone is 2. The highest BCUT2D eigenvalue weighted by Crippen LogP contribution is 2.37. The van der Waals surface area contributed by atoms with Gasteiger partial charge < -0.3 is 15.2 Å². The number of aromatic amines is 1. The van der Waals surface area contributed by atoms with E-state index in [1.807, 2.05) is 54.6 Å². The highest BCUT2D eigenvalue weighted by molar-refractivity contribution is 6.13. The standard InChI is InChI=1S/C30H26N2O2/c1-18-16-19(2)29(20(3)17-18)30(25-14-12-23(31-25)21-8-4-6-10-27(21)33)26-15-13-24(32-26)22-9-5-7-11-28(22)34/h4-17,31,33-34H,1-3H3/b30-26+. The number of rotatable bonds is 4. The molecule has 4 heteroatoms. The Bertz CT molecular complexity index is 1480. The fourth-order valence-electron chi connectivity index (χ4n) is 4.72. The molecule has 0 amide bonds. The molecular formula is C30H26N2O2. The van der Waals surface area contributed by atoms with E-state index in [-0.39, 0.29) is 11.5 Å². The van der Waals surface area contributed by atoms with Crippen LogP contribution in [0.4, 0.5) is 0 Å². The number of hydrogen-bond donors (Lipinski definition) is 3. The van der Waals surface area contributed by atoms with E-state index >= 15 is 0 Å². The van der Waals surface area contributed by atoms with Crippen LogP contribution in [-0.4, -0.2) is 20.9 Å². The quantitative estimate of drug-likeness (QED) is 0.321. The summed E-state index contributed by atoms with van der Waals surface area (Å²) in [4.78, 5) is 8.44. The summed E-state index contributed by atoms with van der Waals surface area (Å²) in [5, 5.41) is 20.7. The molecule has 0 saturated heterocycles. The van der Waals surface area contributed by atoms with Crippen molar-refractivity contribution in [3.05, 3.63) is 124 Å². The lowest BCUT2D eigenvalue weighted by Crippen LogP contribution is -2.00. The summed E-state index contributed by atoms with van der Waals surface area (Å²) < 4.78 is 0. The van der Waals surface area contributed by atoms with E-state index in [2.05, 4.69) is 37.9 Å². The lowest BCUT2D eigenvalue weighted by molar-refractivity contribution is 0.474. The lowest BCUT2D eigenvalue weighted by Gasteiger charge is -2.16. The Morgan fingerprint density at radius 3 is 2.00 bits per heavy atom. The summed E-state index contributed by atoms with van der Waals surface area (Å²) in [7, 11) is 0. The Hall–Kier alpha value is -4.31. The third kappa shape index (κ3) is 3.84. The number of H-pyrrole nitrogens is 1. The van der Waals surface area contributed by atoms with Crippen LogP contribution in [-0.2, 0) is 0 Å². The van der Waals surface area contributed by atoms with Crippen molar-refractivity contribution in [2.75, 3.05) is 0 Å². The Balaban J connectivity index is 1.72. The number of para-hydroxylation sites is 2. The third-order valence-electron chi connectivity index (χ3n) is 6.15. The predicted molar refractivity (Wildman–Crippen MR) is 138 cm³/mol. The molecule has 4 nitrogen and oxygen atoms in total. The van der Waals surface area contributed by atoms with Gasteiger partial charge in [-0.1, -0.05) is 42.0 Å². The first-order valence-electron chi connectivity index (χ1n) is 11.3. The molecule has 1 aromatic heterocycles. The second kappa shape index (κ2) is 8.56. The highest BCUT2D eigenvalue weighted by atomic mass is 16.3. The van der Waals surface area contributed by atoms with Crippen molar-refractivity contribution >= 4 is 11.3 Å². The van der Waals surface area contributed by atoms with Gasteiger partial charge in [0.15, 0.2) is 0 Å². The van der Waals surface area contributed by atoms with Crippen molar-refractivity contribution in [3.63, 3.8) is 0 Å². The van der Waals surface area contributed by atoms with Crippen LogP contribution < -0.4 is 0 Å². The van der Waals surface area contributed by atoms with Crippen molar-refractivity contribution in [1.29, 1.82) is 0 Å². The molecule has 0 spiro atoms. The zero-order valence-electron chi connectivity index (χ0n) is 19.4. The molecule has 0 aliphatic carbocycles. The van der Waals surface area contributed by atoms with E-state index in [4.69, 9.17) is 4.99 Å². The highest BCUT2D eigenvalue weighted by Gasteiger charge is 2.21. The van der Waals surface area contributed by atoms with Gasteiger partial charge in [-0.3, -0.25) is 0 Å². The number of hydrogen-bond acceptors (Lipinski definition) is 3. The van der Waals surface area contributed by atoms with E-state index in [1.165, 1.54) is 16.7 Å². The topological polar surface area (TPSA) is 68.6 Å². The molecule has 0 saturated carbocycles. The Morgan fingerprint density at radius 2 is 1.35 bits per heavy atom. The zero-order valence-corrected chi connectivity index (χ0v) is 19.4. The number of nitrogens with one attached hydrogen (secondary N) is 1.